The van der Waals surface area contributed by atoms with Crippen LogP contribution in [0.1, 0.15) is 36.7 Å². The van der Waals surface area contributed by atoms with Gasteiger partial charge < -0.3 is 4.74 Å². The van der Waals surface area contributed by atoms with Crippen LogP contribution in [-0.2, 0) is 0 Å². The molecule has 0 heterocycles. The summed E-state index contributed by atoms with van der Waals surface area (Å²) in [5.74, 6) is 1.12. The van der Waals surface area contributed by atoms with Crippen molar-refractivity contribution < 1.29 is 9.53 Å². The van der Waals surface area contributed by atoms with Crippen molar-refractivity contribution in [2.24, 2.45) is 11.8 Å². The summed E-state index contributed by atoms with van der Waals surface area (Å²) in [6.07, 6.45) is 0. The molecule has 3 heteroatoms. The second-order valence-electron chi connectivity index (χ2n) is 4.70. The Kier molecular flexibility index (Phi) is 4.75. The highest BCUT2D eigenvalue weighted by molar-refractivity contribution is 9.10. The molecule has 0 bridgehead atoms. The highest BCUT2D eigenvalue weighted by Crippen LogP contribution is 2.30. The van der Waals surface area contributed by atoms with Gasteiger partial charge in [-0.1, -0.05) is 36.7 Å². The van der Waals surface area contributed by atoms with Crippen molar-refractivity contribution in [2.45, 2.75) is 27.7 Å². The third kappa shape index (κ3) is 3.09. The van der Waals surface area contributed by atoms with Crippen LogP contribution in [-0.4, -0.2) is 12.9 Å². The number of halogens is 1. The zero-order valence-electron chi connectivity index (χ0n) is 11.0. The molecule has 1 rings (SSSR count). The maximum Gasteiger partial charge on any atom is 0.169 e. The van der Waals surface area contributed by atoms with Gasteiger partial charge in [-0.15, -0.1) is 0 Å². The standard InChI is InChI=1S/C14H19BrO2/c1-8(2)10(4)14(16)11-7-12(15)9(3)6-13(11)17-5/h6-8,10H,1-5H3. The van der Waals surface area contributed by atoms with Gasteiger partial charge in [0.15, 0.2) is 5.78 Å². The Morgan fingerprint density at radius 2 is 1.88 bits per heavy atom. The number of ether oxygens (including phenoxy) is 1. The fourth-order valence-corrected chi connectivity index (χ4v) is 1.91. The molecule has 17 heavy (non-hydrogen) atoms. The van der Waals surface area contributed by atoms with Crippen molar-refractivity contribution in [3.8, 4) is 5.75 Å². The number of hydrogen-bond acceptors (Lipinski definition) is 2. The van der Waals surface area contributed by atoms with Crippen LogP contribution in [0.4, 0.5) is 0 Å². The van der Waals surface area contributed by atoms with Gasteiger partial charge in [-0.3, -0.25) is 4.79 Å². The number of benzene rings is 1. The lowest BCUT2D eigenvalue weighted by Crippen LogP contribution is -2.17. The number of hydrogen-bond donors (Lipinski definition) is 0. The fraction of sp³-hybridized carbons (Fsp3) is 0.500. The normalized spacial score (nSPS) is 12.6. The van der Waals surface area contributed by atoms with E-state index in [1.54, 1.807) is 7.11 Å². The predicted molar refractivity (Wildman–Crippen MR) is 73.8 cm³/mol. The molecule has 0 aliphatic rings. The molecule has 1 unspecified atom stereocenters. The Labute approximate surface area is 111 Å². The molecule has 0 saturated heterocycles. The Balaban J connectivity index is 3.21. The molecule has 0 saturated carbocycles. The third-order valence-electron chi connectivity index (χ3n) is 3.16. The molecule has 0 aliphatic heterocycles. The minimum absolute atomic E-state index is 0.00138. The molecule has 94 valence electrons. The quantitative estimate of drug-likeness (QED) is 0.777. The molecule has 1 aromatic rings. The van der Waals surface area contributed by atoms with E-state index in [1.807, 2.05) is 26.0 Å². The van der Waals surface area contributed by atoms with Gasteiger partial charge >= 0.3 is 0 Å². The number of carbonyl (C=O) groups excluding carboxylic acids is 1. The minimum atomic E-state index is -0.00138. The molecule has 2 nitrogen and oxygen atoms in total. The van der Waals surface area contributed by atoms with Crippen LogP contribution >= 0.6 is 15.9 Å². The van der Waals surface area contributed by atoms with Gasteiger partial charge in [-0.25, -0.2) is 0 Å². The zero-order chi connectivity index (χ0) is 13.2. The molecular formula is C14H19BrO2. The number of methoxy groups -OCH3 is 1. The number of Topliss-reactive ketones (excluding diaryl/α,β-unsaturated/α-hetero) is 1. The maximum absolute atomic E-state index is 12.3. The maximum atomic E-state index is 12.3. The monoisotopic (exact) mass is 298 g/mol. The van der Waals surface area contributed by atoms with E-state index in [4.69, 9.17) is 4.74 Å². The van der Waals surface area contributed by atoms with Gasteiger partial charge in [0, 0.05) is 10.4 Å². The smallest absolute Gasteiger partial charge is 0.169 e. The molecule has 0 N–H and O–H groups in total. The third-order valence-corrected chi connectivity index (χ3v) is 4.01. The summed E-state index contributed by atoms with van der Waals surface area (Å²) in [5, 5.41) is 0. The number of rotatable bonds is 4. The van der Waals surface area contributed by atoms with Gasteiger partial charge in [-0.2, -0.15) is 0 Å². The van der Waals surface area contributed by atoms with Crippen molar-refractivity contribution in [1.82, 2.24) is 0 Å². The highest BCUT2D eigenvalue weighted by Gasteiger charge is 2.22. The average Bonchev–Trinajstić information content (AvgIpc) is 2.29. The Bertz CT molecular complexity index is 424. The predicted octanol–water partition coefficient (Wildman–Crippen LogP) is 4.24. The first-order chi connectivity index (χ1) is 7.88. The first kappa shape index (κ1) is 14.2. The van der Waals surface area contributed by atoms with Crippen LogP contribution < -0.4 is 4.74 Å². The first-order valence-corrected chi connectivity index (χ1v) is 6.56. The van der Waals surface area contributed by atoms with Gasteiger partial charge in [0.05, 0.1) is 12.7 Å². The second-order valence-corrected chi connectivity index (χ2v) is 5.55. The molecule has 0 aliphatic carbocycles. The summed E-state index contributed by atoms with van der Waals surface area (Å²) >= 11 is 3.46. The van der Waals surface area contributed by atoms with Gasteiger partial charge in [0.25, 0.3) is 0 Å². The van der Waals surface area contributed by atoms with E-state index in [0.717, 1.165) is 10.0 Å². The van der Waals surface area contributed by atoms with Crippen LogP contribution in [0.15, 0.2) is 16.6 Å². The Morgan fingerprint density at radius 1 is 1.29 bits per heavy atom. The fourth-order valence-electron chi connectivity index (χ4n) is 1.56. The Hall–Kier alpha value is -0.830. The van der Waals surface area contributed by atoms with E-state index in [9.17, 15) is 4.79 Å². The van der Waals surface area contributed by atoms with Crippen molar-refractivity contribution in [2.75, 3.05) is 7.11 Å². The summed E-state index contributed by atoms with van der Waals surface area (Å²) in [4.78, 5) is 12.3. The van der Waals surface area contributed by atoms with E-state index in [2.05, 4.69) is 29.8 Å². The van der Waals surface area contributed by atoms with Gasteiger partial charge in [0.1, 0.15) is 5.75 Å². The molecule has 1 atom stereocenters. The van der Waals surface area contributed by atoms with Crippen molar-refractivity contribution in [3.05, 3.63) is 27.7 Å². The molecule has 0 spiro atoms. The van der Waals surface area contributed by atoms with E-state index < -0.39 is 0 Å². The lowest BCUT2D eigenvalue weighted by atomic mass is 9.89. The van der Waals surface area contributed by atoms with E-state index in [0.29, 0.717) is 17.2 Å². The molecule has 0 fully saturated rings. The second kappa shape index (κ2) is 5.67. The molecule has 0 radical (unpaired) electrons. The average molecular weight is 299 g/mol. The number of ketones is 1. The minimum Gasteiger partial charge on any atom is -0.496 e. The first-order valence-electron chi connectivity index (χ1n) is 5.76. The molecule has 1 aromatic carbocycles. The van der Waals surface area contributed by atoms with Crippen LogP contribution in [0.3, 0.4) is 0 Å². The van der Waals surface area contributed by atoms with Crippen molar-refractivity contribution >= 4 is 21.7 Å². The zero-order valence-corrected chi connectivity index (χ0v) is 12.6. The SMILES string of the molecule is COc1cc(C)c(Br)cc1C(=O)C(C)C(C)C. The van der Waals surface area contributed by atoms with Crippen molar-refractivity contribution in [1.29, 1.82) is 0 Å². The lowest BCUT2D eigenvalue weighted by molar-refractivity contribution is 0.0896. The van der Waals surface area contributed by atoms with Gasteiger partial charge in [-0.05, 0) is 30.5 Å². The van der Waals surface area contributed by atoms with Crippen LogP contribution in [0.2, 0.25) is 0 Å². The topological polar surface area (TPSA) is 26.3 Å². The summed E-state index contributed by atoms with van der Waals surface area (Å²) in [6.45, 7) is 8.05. The van der Waals surface area contributed by atoms with Crippen LogP contribution in [0.5, 0.6) is 5.75 Å². The van der Waals surface area contributed by atoms with E-state index >= 15 is 0 Å². The van der Waals surface area contributed by atoms with E-state index in [-0.39, 0.29) is 11.7 Å². The number of aryl methyl sites for hydroxylation is 1. The largest absolute Gasteiger partial charge is 0.496 e. The van der Waals surface area contributed by atoms with Crippen molar-refractivity contribution in [3.63, 3.8) is 0 Å². The van der Waals surface area contributed by atoms with Crippen LogP contribution in [0.25, 0.3) is 0 Å². The molecule has 0 amide bonds. The lowest BCUT2D eigenvalue weighted by Gasteiger charge is -2.17. The summed E-state index contributed by atoms with van der Waals surface area (Å²) < 4.78 is 6.23. The summed E-state index contributed by atoms with van der Waals surface area (Å²) in [6, 6.07) is 3.75. The van der Waals surface area contributed by atoms with Gasteiger partial charge in [0.2, 0.25) is 0 Å². The van der Waals surface area contributed by atoms with E-state index in [1.165, 1.54) is 0 Å². The summed E-state index contributed by atoms with van der Waals surface area (Å²) in [7, 11) is 1.60. The molecular weight excluding hydrogens is 280 g/mol. The summed E-state index contributed by atoms with van der Waals surface area (Å²) in [5.41, 5.74) is 1.72. The number of carbonyl (C=O) groups is 1. The van der Waals surface area contributed by atoms with Crippen LogP contribution in [0, 0.1) is 18.8 Å². The Morgan fingerprint density at radius 3 is 2.35 bits per heavy atom. The highest BCUT2D eigenvalue weighted by atomic mass is 79.9. The molecule has 0 aromatic heterocycles.